The van der Waals surface area contributed by atoms with Crippen LogP contribution in [0.25, 0.3) is 0 Å². The second kappa shape index (κ2) is 4.87. The molecule has 6 nitrogen and oxygen atoms in total. The smallest absolute Gasteiger partial charge is 0.315 e. The van der Waals surface area contributed by atoms with Gasteiger partial charge in [0.25, 0.3) is 0 Å². The molecule has 18 heavy (non-hydrogen) atoms. The number of carbonyl (C=O) groups is 1. The lowest BCUT2D eigenvalue weighted by molar-refractivity contribution is 0.0958. The van der Waals surface area contributed by atoms with Crippen LogP contribution >= 0.6 is 0 Å². The van der Waals surface area contributed by atoms with E-state index in [1.54, 1.807) is 7.11 Å². The first-order valence-electron chi connectivity index (χ1n) is 5.36. The normalized spacial score (nSPS) is 10.3. The number of primary amides is 1. The van der Waals surface area contributed by atoms with Gasteiger partial charge in [0.1, 0.15) is 5.75 Å². The number of methoxy groups -OCH3 is 1. The predicted molar refractivity (Wildman–Crippen MR) is 63.4 cm³/mol. The minimum absolute atomic E-state index is 0.177. The SMILES string of the molecule is COc1cc(Cc2noc(C(N)=O)n2)ccc1C. The minimum atomic E-state index is -0.727. The molecule has 1 aromatic carbocycles. The second-order valence-corrected chi connectivity index (χ2v) is 3.86. The van der Waals surface area contributed by atoms with Crippen molar-refractivity contribution in [2.45, 2.75) is 13.3 Å². The molecule has 0 aliphatic heterocycles. The van der Waals surface area contributed by atoms with E-state index in [4.69, 9.17) is 15.0 Å². The van der Waals surface area contributed by atoms with Crippen LogP contribution in [0.5, 0.6) is 5.75 Å². The van der Waals surface area contributed by atoms with E-state index in [1.807, 2.05) is 25.1 Å². The number of aromatic nitrogens is 2. The Hall–Kier alpha value is -2.37. The molecule has 2 N–H and O–H groups in total. The zero-order chi connectivity index (χ0) is 13.1. The molecule has 2 rings (SSSR count). The van der Waals surface area contributed by atoms with Crippen molar-refractivity contribution in [3.63, 3.8) is 0 Å². The third-order valence-corrected chi connectivity index (χ3v) is 2.51. The molecule has 1 heterocycles. The summed E-state index contributed by atoms with van der Waals surface area (Å²) in [4.78, 5) is 14.7. The number of hydrogen-bond acceptors (Lipinski definition) is 5. The molecule has 0 radical (unpaired) electrons. The molecular formula is C12H13N3O3. The predicted octanol–water partition coefficient (Wildman–Crippen LogP) is 1.08. The molecule has 0 unspecified atom stereocenters. The topological polar surface area (TPSA) is 91.2 Å². The molecule has 94 valence electrons. The van der Waals surface area contributed by atoms with Crippen molar-refractivity contribution < 1.29 is 14.1 Å². The number of aryl methyl sites for hydroxylation is 1. The molecule has 2 aromatic rings. The fourth-order valence-corrected chi connectivity index (χ4v) is 1.58. The number of nitrogens with two attached hydrogens (primary N) is 1. The summed E-state index contributed by atoms with van der Waals surface area (Å²) in [6.07, 6.45) is 0.452. The summed E-state index contributed by atoms with van der Waals surface area (Å²) in [5, 5.41) is 3.68. The maximum atomic E-state index is 10.8. The first kappa shape index (κ1) is 12.1. The van der Waals surface area contributed by atoms with E-state index in [2.05, 4.69) is 10.1 Å². The number of hydrogen-bond donors (Lipinski definition) is 1. The molecule has 0 aliphatic carbocycles. The first-order chi connectivity index (χ1) is 8.60. The maximum absolute atomic E-state index is 10.8. The number of nitrogens with zero attached hydrogens (tertiary/aromatic N) is 2. The van der Waals surface area contributed by atoms with Gasteiger partial charge >= 0.3 is 11.8 Å². The highest BCUT2D eigenvalue weighted by atomic mass is 16.5. The van der Waals surface area contributed by atoms with E-state index in [1.165, 1.54) is 0 Å². The summed E-state index contributed by atoms with van der Waals surface area (Å²) in [6, 6.07) is 5.79. The Balaban J connectivity index is 2.20. The molecule has 1 amide bonds. The minimum Gasteiger partial charge on any atom is -0.496 e. The largest absolute Gasteiger partial charge is 0.496 e. The molecule has 0 bridgehead atoms. The van der Waals surface area contributed by atoms with E-state index in [0.717, 1.165) is 16.9 Å². The van der Waals surface area contributed by atoms with Crippen LogP contribution in [0.2, 0.25) is 0 Å². The molecule has 0 saturated carbocycles. The highest BCUT2D eigenvalue weighted by Crippen LogP contribution is 2.20. The highest BCUT2D eigenvalue weighted by Gasteiger charge is 2.12. The third-order valence-electron chi connectivity index (χ3n) is 2.51. The van der Waals surface area contributed by atoms with Crippen LogP contribution < -0.4 is 10.5 Å². The highest BCUT2D eigenvalue weighted by molar-refractivity contribution is 5.87. The van der Waals surface area contributed by atoms with Crippen LogP contribution in [0.15, 0.2) is 22.7 Å². The zero-order valence-corrected chi connectivity index (χ0v) is 10.1. The average Bonchev–Trinajstić information content (AvgIpc) is 2.80. The lowest BCUT2D eigenvalue weighted by Crippen LogP contribution is -2.11. The quantitative estimate of drug-likeness (QED) is 0.872. The van der Waals surface area contributed by atoms with Gasteiger partial charge in [-0.3, -0.25) is 4.79 Å². The van der Waals surface area contributed by atoms with E-state index in [0.29, 0.717) is 12.2 Å². The van der Waals surface area contributed by atoms with Gasteiger partial charge in [0.05, 0.1) is 7.11 Å². The van der Waals surface area contributed by atoms with Gasteiger partial charge in [-0.1, -0.05) is 17.3 Å². The van der Waals surface area contributed by atoms with Gasteiger partial charge in [-0.25, -0.2) is 0 Å². The number of amides is 1. The number of rotatable bonds is 4. The Morgan fingerprint density at radius 3 is 2.89 bits per heavy atom. The number of ether oxygens (including phenoxy) is 1. The molecule has 0 aliphatic rings. The molecule has 0 saturated heterocycles. The second-order valence-electron chi connectivity index (χ2n) is 3.86. The summed E-state index contributed by atoms with van der Waals surface area (Å²) in [5.74, 6) is 0.306. The molecule has 0 atom stereocenters. The van der Waals surface area contributed by atoms with E-state index >= 15 is 0 Å². The van der Waals surface area contributed by atoms with Crippen molar-refractivity contribution >= 4 is 5.91 Å². The molecule has 0 spiro atoms. The van der Waals surface area contributed by atoms with Gasteiger partial charge in [0, 0.05) is 6.42 Å². The number of carbonyl (C=O) groups excluding carboxylic acids is 1. The van der Waals surface area contributed by atoms with Crippen LogP contribution in [0.1, 0.15) is 27.6 Å². The summed E-state index contributed by atoms with van der Waals surface area (Å²) in [7, 11) is 1.62. The molecular weight excluding hydrogens is 234 g/mol. The van der Waals surface area contributed by atoms with Crippen molar-refractivity contribution in [3.8, 4) is 5.75 Å². The van der Waals surface area contributed by atoms with Crippen molar-refractivity contribution in [1.82, 2.24) is 10.1 Å². The van der Waals surface area contributed by atoms with Crippen LogP contribution in [-0.2, 0) is 6.42 Å². The number of benzene rings is 1. The lowest BCUT2D eigenvalue weighted by Gasteiger charge is -2.05. The third kappa shape index (κ3) is 2.48. The van der Waals surface area contributed by atoms with Crippen molar-refractivity contribution in [2.75, 3.05) is 7.11 Å². The van der Waals surface area contributed by atoms with Gasteiger partial charge in [0.2, 0.25) is 0 Å². The van der Waals surface area contributed by atoms with Gasteiger partial charge in [-0.05, 0) is 24.1 Å². The Kier molecular flexibility index (Phi) is 3.27. The summed E-state index contributed by atoms with van der Waals surface area (Å²) in [5.41, 5.74) is 7.05. The van der Waals surface area contributed by atoms with Crippen molar-refractivity contribution in [1.29, 1.82) is 0 Å². The standard InChI is InChI=1S/C12H13N3O3/c1-7-3-4-8(5-9(7)17-2)6-10-14-12(11(13)16)18-15-10/h3-5H,6H2,1-2H3,(H2,13,16). The molecule has 0 fully saturated rings. The Bertz CT molecular complexity index is 578. The molecule has 6 heteroatoms. The van der Waals surface area contributed by atoms with E-state index in [9.17, 15) is 4.79 Å². The molecule has 1 aromatic heterocycles. The van der Waals surface area contributed by atoms with Crippen LogP contribution in [0.3, 0.4) is 0 Å². The first-order valence-corrected chi connectivity index (χ1v) is 5.36. The van der Waals surface area contributed by atoms with Crippen molar-refractivity contribution in [3.05, 3.63) is 41.0 Å². The monoisotopic (exact) mass is 247 g/mol. The summed E-state index contributed by atoms with van der Waals surface area (Å²) in [6.45, 7) is 1.96. The van der Waals surface area contributed by atoms with Crippen molar-refractivity contribution in [2.24, 2.45) is 5.73 Å². The van der Waals surface area contributed by atoms with Gasteiger partial charge in [-0.15, -0.1) is 0 Å². The maximum Gasteiger partial charge on any atom is 0.315 e. The van der Waals surface area contributed by atoms with Crippen LogP contribution in [0, 0.1) is 6.92 Å². The van der Waals surface area contributed by atoms with Crippen LogP contribution in [-0.4, -0.2) is 23.2 Å². The average molecular weight is 247 g/mol. The van der Waals surface area contributed by atoms with E-state index in [-0.39, 0.29) is 5.89 Å². The Morgan fingerprint density at radius 2 is 2.28 bits per heavy atom. The van der Waals surface area contributed by atoms with Gasteiger partial charge < -0.3 is 15.0 Å². The van der Waals surface area contributed by atoms with E-state index < -0.39 is 5.91 Å². The Labute approximate surface area is 104 Å². The fourth-order valence-electron chi connectivity index (χ4n) is 1.58. The summed E-state index contributed by atoms with van der Waals surface area (Å²) < 4.78 is 9.94. The Morgan fingerprint density at radius 1 is 1.50 bits per heavy atom. The van der Waals surface area contributed by atoms with Gasteiger partial charge in [-0.2, -0.15) is 4.98 Å². The fraction of sp³-hybridized carbons (Fsp3) is 0.250. The summed E-state index contributed by atoms with van der Waals surface area (Å²) >= 11 is 0. The zero-order valence-electron chi connectivity index (χ0n) is 10.1. The van der Waals surface area contributed by atoms with Gasteiger partial charge in [0.15, 0.2) is 5.82 Å². The van der Waals surface area contributed by atoms with Crippen LogP contribution in [0.4, 0.5) is 0 Å². The lowest BCUT2D eigenvalue weighted by atomic mass is 10.1.